The molecule has 0 bridgehead atoms. The van der Waals surface area contributed by atoms with Gasteiger partial charge in [-0.25, -0.2) is 13.2 Å². The van der Waals surface area contributed by atoms with Gasteiger partial charge in [-0.15, -0.1) is 0 Å². The highest BCUT2D eigenvalue weighted by Crippen LogP contribution is 2.24. The van der Waals surface area contributed by atoms with Gasteiger partial charge < -0.3 is 9.64 Å². The zero-order chi connectivity index (χ0) is 24.8. The summed E-state index contributed by atoms with van der Waals surface area (Å²) in [5.41, 5.74) is 2.58. The Morgan fingerprint density at radius 3 is 2.23 bits per heavy atom. The van der Waals surface area contributed by atoms with E-state index in [0.29, 0.717) is 19.2 Å². The molecule has 1 amide bonds. The van der Waals surface area contributed by atoms with Crippen LogP contribution in [0.15, 0.2) is 66.7 Å². The van der Waals surface area contributed by atoms with Crippen LogP contribution < -0.4 is 4.74 Å². The Hall–Kier alpha value is -3.22. The molecule has 1 saturated heterocycles. The first kappa shape index (κ1) is 24.9. The fourth-order valence-corrected chi connectivity index (χ4v) is 4.53. The zero-order valence-electron chi connectivity index (χ0n) is 19.9. The summed E-state index contributed by atoms with van der Waals surface area (Å²) in [5, 5.41) is 0. The molecule has 7 heteroatoms. The number of nitrogens with zero attached hydrogens (tertiary/aromatic N) is 1. The van der Waals surface area contributed by atoms with Crippen molar-refractivity contribution in [3.05, 3.63) is 101 Å². The molecule has 0 N–H and O–H groups in total. The van der Waals surface area contributed by atoms with E-state index >= 15 is 0 Å². The lowest BCUT2D eigenvalue weighted by Gasteiger charge is -2.33. The van der Waals surface area contributed by atoms with Gasteiger partial charge >= 0.3 is 0 Å². The monoisotopic (exact) mass is 479 g/mol. The number of rotatable bonds is 8. The molecule has 4 rings (SSSR count). The van der Waals surface area contributed by atoms with Crippen molar-refractivity contribution in [3.63, 3.8) is 0 Å². The van der Waals surface area contributed by atoms with Crippen molar-refractivity contribution in [3.8, 4) is 5.75 Å². The van der Waals surface area contributed by atoms with Crippen LogP contribution in [0.3, 0.4) is 0 Å². The van der Waals surface area contributed by atoms with Crippen LogP contribution in [0.1, 0.15) is 36.0 Å². The molecular formula is C28H29BF3NO2. The number of likely N-dealkylation sites (tertiary alicyclic amines) is 1. The van der Waals surface area contributed by atoms with Gasteiger partial charge in [-0.05, 0) is 47.7 Å². The van der Waals surface area contributed by atoms with Crippen molar-refractivity contribution in [1.29, 1.82) is 0 Å². The van der Waals surface area contributed by atoms with Gasteiger partial charge in [-0.3, -0.25) is 4.79 Å². The zero-order valence-corrected chi connectivity index (χ0v) is 19.9. The first-order valence-corrected chi connectivity index (χ1v) is 12.1. The molecule has 1 fully saturated rings. The molecule has 182 valence electrons. The number of hydrogen-bond donors (Lipinski definition) is 0. The normalized spacial score (nSPS) is 15.1. The Morgan fingerprint density at radius 2 is 1.54 bits per heavy atom. The summed E-state index contributed by atoms with van der Waals surface area (Å²) in [4.78, 5) is 14.5. The quantitative estimate of drug-likeness (QED) is 0.332. The Labute approximate surface area is 205 Å². The van der Waals surface area contributed by atoms with Gasteiger partial charge in [0, 0.05) is 38.4 Å². The molecule has 0 radical (unpaired) electrons. The summed E-state index contributed by atoms with van der Waals surface area (Å²) in [5.74, 6) is -2.44. The van der Waals surface area contributed by atoms with E-state index in [4.69, 9.17) is 4.74 Å². The molecule has 1 aliphatic heterocycles. The van der Waals surface area contributed by atoms with Gasteiger partial charge in [-0.1, -0.05) is 48.3 Å². The summed E-state index contributed by atoms with van der Waals surface area (Å²) in [6.07, 6.45) is 2.81. The second-order valence-electron chi connectivity index (χ2n) is 9.38. The summed E-state index contributed by atoms with van der Waals surface area (Å²) in [6.45, 7) is 1.20. The largest absolute Gasteiger partial charge is 0.490 e. The molecule has 3 nitrogen and oxygen atoms in total. The van der Waals surface area contributed by atoms with Crippen molar-refractivity contribution in [1.82, 2.24) is 4.90 Å². The third kappa shape index (κ3) is 6.90. The van der Waals surface area contributed by atoms with Crippen LogP contribution in [-0.2, 0) is 17.6 Å². The van der Waals surface area contributed by atoms with E-state index in [1.165, 1.54) is 11.1 Å². The topological polar surface area (TPSA) is 29.5 Å². The van der Waals surface area contributed by atoms with Gasteiger partial charge in [0.25, 0.3) is 0 Å². The second-order valence-corrected chi connectivity index (χ2v) is 9.38. The van der Waals surface area contributed by atoms with Crippen molar-refractivity contribution < 1.29 is 22.7 Å². The standard InChI is InChI=1S/C28H29BF3NO2/c29-22(15-21-16-26(31)27(32)18-25(21)30)17-28(34)33-12-10-24(11-13-33)35-23-8-6-20(7-9-23)14-19-4-2-1-3-5-19/h1-9,16,18,22,24H,10-15,17,29H2. The first-order valence-electron chi connectivity index (χ1n) is 12.1. The molecule has 1 unspecified atom stereocenters. The Morgan fingerprint density at radius 1 is 0.914 bits per heavy atom. The average Bonchev–Trinajstić information content (AvgIpc) is 2.85. The van der Waals surface area contributed by atoms with E-state index < -0.39 is 17.5 Å². The highest BCUT2D eigenvalue weighted by molar-refractivity contribution is 6.13. The summed E-state index contributed by atoms with van der Waals surface area (Å²) < 4.78 is 46.6. The van der Waals surface area contributed by atoms with E-state index in [1.54, 1.807) is 4.90 Å². The third-order valence-corrected chi connectivity index (χ3v) is 6.45. The minimum atomic E-state index is -1.21. The molecule has 35 heavy (non-hydrogen) atoms. The van der Waals surface area contributed by atoms with E-state index in [9.17, 15) is 18.0 Å². The maximum absolute atomic E-state index is 13.9. The predicted molar refractivity (Wildman–Crippen MR) is 133 cm³/mol. The highest BCUT2D eigenvalue weighted by atomic mass is 19.2. The third-order valence-electron chi connectivity index (χ3n) is 6.45. The SMILES string of the molecule is BC(CC(=O)N1CCC(Oc2ccc(Cc3ccccc3)cc2)CC1)Cc1cc(F)c(F)cc1F. The van der Waals surface area contributed by atoms with Crippen molar-refractivity contribution in [2.45, 2.75) is 44.0 Å². The molecule has 0 spiro atoms. The number of carbonyl (C=O) groups excluding carboxylic acids is 1. The molecule has 1 heterocycles. The smallest absolute Gasteiger partial charge is 0.222 e. The van der Waals surface area contributed by atoms with Crippen molar-refractivity contribution in [2.75, 3.05) is 13.1 Å². The van der Waals surface area contributed by atoms with Crippen molar-refractivity contribution in [2.24, 2.45) is 0 Å². The lowest BCUT2D eigenvalue weighted by Crippen LogP contribution is -2.42. The molecule has 3 aromatic carbocycles. The van der Waals surface area contributed by atoms with Crippen LogP contribution in [0.4, 0.5) is 13.2 Å². The van der Waals surface area contributed by atoms with Crippen LogP contribution >= 0.6 is 0 Å². The van der Waals surface area contributed by atoms with Crippen molar-refractivity contribution >= 4 is 13.8 Å². The van der Waals surface area contributed by atoms with Crippen LogP contribution in [0.5, 0.6) is 5.75 Å². The number of ether oxygens (including phenoxy) is 1. The Bertz CT molecular complexity index is 1130. The van der Waals surface area contributed by atoms with E-state index in [0.717, 1.165) is 31.1 Å². The van der Waals surface area contributed by atoms with E-state index in [-0.39, 0.29) is 36.2 Å². The summed E-state index contributed by atoms with van der Waals surface area (Å²) in [6, 6.07) is 19.9. The van der Waals surface area contributed by atoms with Gasteiger partial charge in [-0.2, -0.15) is 0 Å². The molecule has 0 aliphatic carbocycles. The fourth-order valence-electron chi connectivity index (χ4n) is 4.53. The predicted octanol–water partition coefficient (Wildman–Crippen LogP) is 5.12. The Kier molecular flexibility index (Phi) is 8.16. The van der Waals surface area contributed by atoms with E-state index in [1.807, 2.05) is 38.2 Å². The average molecular weight is 479 g/mol. The molecule has 1 aliphatic rings. The number of piperidine rings is 1. The minimum Gasteiger partial charge on any atom is -0.490 e. The second kappa shape index (κ2) is 11.5. The maximum Gasteiger partial charge on any atom is 0.222 e. The van der Waals surface area contributed by atoms with Crippen LogP contribution in [0.25, 0.3) is 0 Å². The van der Waals surface area contributed by atoms with Gasteiger partial charge in [0.2, 0.25) is 5.91 Å². The minimum absolute atomic E-state index is 0.00999. The van der Waals surface area contributed by atoms with Gasteiger partial charge in [0.05, 0.1) is 0 Å². The molecule has 1 atom stereocenters. The lowest BCUT2D eigenvalue weighted by molar-refractivity contribution is -0.133. The number of carbonyl (C=O) groups is 1. The van der Waals surface area contributed by atoms with Crippen LogP contribution in [0, 0.1) is 17.5 Å². The summed E-state index contributed by atoms with van der Waals surface area (Å²) in [7, 11) is 1.82. The molecule has 0 saturated carbocycles. The molecule has 0 aromatic heterocycles. The van der Waals surface area contributed by atoms with Gasteiger partial charge in [0.15, 0.2) is 11.6 Å². The lowest BCUT2D eigenvalue weighted by atomic mass is 9.79. The fraction of sp³-hybridized carbons (Fsp3) is 0.321. The van der Waals surface area contributed by atoms with Crippen LogP contribution in [0.2, 0.25) is 5.82 Å². The summed E-state index contributed by atoms with van der Waals surface area (Å²) >= 11 is 0. The van der Waals surface area contributed by atoms with Crippen LogP contribution in [-0.4, -0.2) is 37.8 Å². The number of benzene rings is 3. The van der Waals surface area contributed by atoms with Gasteiger partial charge in [0.1, 0.15) is 25.5 Å². The molecule has 3 aromatic rings. The van der Waals surface area contributed by atoms with E-state index in [2.05, 4.69) is 24.3 Å². The number of hydrogen-bond acceptors (Lipinski definition) is 2. The highest BCUT2D eigenvalue weighted by Gasteiger charge is 2.25. The Balaban J connectivity index is 1.22. The molecular weight excluding hydrogens is 450 g/mol. The maximum atomic E-state index is 13.9. The number of halogens is 3. The first-order chi connectivity index (χ1) is 16.9. The number of amides is 1.